The summed E-state index contributed by atoms with van der Waals surface area (Å²) in [5.74, 6) is -56.7. The van der Waals surface area contributed by atoms with Gasteiger partial charge in [-0.1, -0.05) is 12.1 Å². The maximum absolute atomic E-state index is 14.4. The standard InChI is InChI=1S/C19H15F17O2/c1-11(38-3,9-4-6-10(37-2)7-5-9)8-12(20,21)13(22,23)14(24,25)15(26,27)16(28,29)17(30,31)18(32,33)19(34,35)36/h4-7H,8H2,1-3H3. The van der Waals surface area contributed by atoms with Gasteiger partial charge in [-0.05, 0) is 24.6 Å². The Labute approximate surface area is 201 Å². The van der Waals surface area contributed by atoms with Crippen LogP contribution >= 0.6 is 0 Å². The highest BCUT2D eigenvalue weighted by Crippen LogP contribution is 2.64. The normalized spacial score (nSPS) is 16.8. The van der Waals surface area contributed by atoms with E-state index in [-0.39, 0.29) is 5.75 Å². The number of benzene rings is 1. The van der Waals surface area contributed by atoms with Crippen molar-refractivity contribution in [3.8, 4) is 5.75 Å². The predicted molar refractivity (Wildman–Crippen MR) is 92.7 cm³/mol. The maximum Gasteiger partial charge on any atom is 0.460 e. The van der Waals surface area contributed by atoms with Crippen molar-refractivity contribution in [3.63, 3.8) is 0 Å². The van der Waals surface area contributed by atoms with E-state index in [9.17, 15) is 74.6 Å². The molecule has 38 heavy (non-hydrogen) atoms. The molecule has 1 atom stereocenters. The van der Waals surface area contributed by atoms with Crippen LogP contribution in [0.2, 0.25) is 0 Å². The van der Waals surface area contributed by atoms with Gasteiger partial charge in [-0.2, -0.15) is 74.6 Å². The molecule has 0 radical (unpaired) electrons. The van der Waals surface area contributed by atoms with Crippen LogP contribution in [-0.2, 0) is 10.3 Å². The first-order chi connectivity index (χ1) is 16.6. The summed E-state index contributed by atoms with van der Waals surface area (Å²) in [7, 11) is 1.64. The van der Waals surface area contributed by atoms with E-state index in [2.05, 4.69) is 4.74 Å². The average Bonchev–Trinajstić information content (AvgIpc) is 2.77. The second kappa shape index (κ2) is 9.46. The van der Waals surface area contributed by atoms with Crippen LogP contribution in [-0.4, -0.2) is 61.9 Å². The smallest absolute Gasteiger partial charge is 0.460 e. The molecular weight excluding hydrogens is 583 g/mol. The molecule has 0 heterocycles. The third-order valence-corrected chi connectivity index (χ3v) is 5.50. The van der Waals surface area contributed by atoms with Gasteiger partial charge < -0.3 is 9.47 Å². The van der Waals surface area contributed by atoms with Crippen LogP contribution in [0.1, 0.15) is 18.9 Å². The van der Waals surface area contributed by atoms with Crippen LogP contribution < -0.4 is 4.74 Å². The second-order valence-electron chi connectivity index (χ2n) is 7.99. The third kappa shape index (κ3) is 4.71. The molecule has 0 amide bonds. The Bertz CT molecular complexity index is 968. The van der Waals surface area contributed by atoms with Crippen molar-refractivity contribution in [2.24, 2.45) is 0 Å². The Morgan fingerprint density at radius 2 is 0.868 bits per heavy atom. The summed E-state index contributed by atoms with van der Waals surface area (Å²) in [6, 6.07) is 3.65. The Morgan fingerprint density at radius 3 is 1.18 bits per heavy atom. The van der Waals surface area contributed by atoms with E-state index in [1.165, 1.54) is 0 Å². The van der Waals surface area contributed by atoms with Gasteiger partial charge in [0.2, 0.25) is 0 Å². The zero-order valence-electron chi connectivity index (χ0n) is 18.8. The quantitative estimate of drug-likeness (QED) is 0.241. The molecule has 1 unspecified atom stereocenters. The lowest BCUT2D eigenvalue weighted by Crippen LogP contribution is -2.74. The van der Waals surface area contributed by atoms with E-state index < -0.39 is 65.2 Å². The van der Waals surface area contributed by atoms with Gasteiger partial charge in [0.1, 0.15) is 5.75 Å². The molecule has 19 heteroatoms. The molecule has 1 aromatic carbocycles. The highest BCUT2D eigenvalue weighted by molar-refractivity contribution is 5.31. The van der Waals surface area contributed by atoms with Crippen molar-refractivity contribution in [2.45, 2.75) is 66.6 Å². The minimum atomic E-state index is -8.66. The van der Waals surface area contributed by atoms with Crippen LogP contribution in [0.5, 0.6) is 5.75 Å². The van der Waals surface area contributed by atoms with Crippen molar-refractivity contribution in [1.29, 1.82) is 0 Å². The molecule has 222 valence electrons. The predicted octanol–water partition coefficient (Wildman–Crippen LogP) is 7.96. The lowest BCUT2D eigenvalue weighted by molar-refractivity contribution is -0.462. The largest absolute Gasteiger partial charge is 0.497 e. The van der Waals surface area contributed by atoms with E-state index in [0.717, 1.165) is 31.4 Å². The van der Waals surface area contributed by atoms with E-state index in [1.807, 2.05) is 0 Å². The molecule has 0 aromatic heterocycles. The fourth-order valence-corrected chi connectivity index (χ4v) is 2.97. The summed E-state index contributed by atoms with van der Waals surface area (Å²) in [6.07, 6.45) is -10.5. The van der Waals surface area contributed by atoms with Crippen molar-refractivity contribution < 1.29 is 84.1 Å². The van der Waals surface area contributed by atoms with Crippen LogP contribution in [0.15, 0.2) is 24.3 Å². The highest BCUT2D eigenvalue weighted by Gasteiger charge is 2.95. The summed E-state index contributed by atoms with van der Waals surface area (Å²) < 4.78 is 238. The molecule has 0 bridgehead atoms. The van der Waals surface area contributed by atoms with Crippen molar-refractivity contribution in [2.75, 3.05) is 14.2 Å². The fourth-order valence-electron chi connectivity index (χ4n) is 2.97. The van der Waals surface area contributed by atoms with Gasteiger partial charge in [-0.15, -0.1) is 0 Å². The molecule has 0 saturated heterocycles. The van der Waals surface area contributed by atoms with E-state index in [1.54, 1.807) is 0 Å². The number of rotatable bonds is 11. The van der Waals surface area contributed by atoms with Gasteiger partial charge >= 0.3 is 47.6 Å². The van der Waals surface area contributed by atoms with Crippen LogP contribution in [0.4, 0.5) is 74.6 Å². The van der Waals surface area contributed by atoms with Gasteiger partial charge in [0.25, 0.3) is 0 Å². The lowest BCUT2D eigenvalue weighted by Gasteiger charge is -2.44. The molecule has 0 fully saturated rings. The van der Waals surface area contributed by atoms with Crippen LogP contribution in [0.25, 0.3) is 0 Å². The zero-order valence-corrected chi connectivity index (χ0v) is 18.8. The van der Waals surface area contributed by atoms with Crippen molar-refractivity contribution in [1.82, 2.24) is 0 Å². The Balaban J connectivity index is 3.64. The maximum atomic E-state index is 14.4. The summed E-state index contributed by atoms with van der Waals surface area (Å²) in [4.78, 5) is 0. The van der Waals surface area contributed by atoms with E-state index in [0.29, 0.717) is 14.0 Å². The number of hydrogen-bond acceptors (Lipinski definition) is 2. The Morgan fingerprint density at radius 1 is 0.526 bits per heavy atom. The van der Waals surface area contributed by atoms with E-state index in [4.69, 9.17) is 4.74 Å². The fraction of sp³-hybridized carbons (Fsp3) is 0.684. The summed E-state index contributed by atoms with van der Waals surface area (Å²) in [5.41, 5.74) is -3.37. The van der Waals surface area contributed by atoms with Crippen LogP contribution in [0, 0.1) is 0 Å². The highest BCUT2D eigenvalue weighted by atomic mass is 19.4. The molecule has 0 aliphatic heterocycles. The number of hydrogen-bond donors (Lipinski definition) is 0. The lowest BCUT2D eigenvalue weighted by atomic mass is 9.83. The molecule has 0 aliphatic rings. The molecule has 1 rings (SSSR count). The summed E-state index contributed by atoms with van der Waals surface area (Å²) in [6.45, 7) is 0.502. The first kappa shape index (κ1) is 33.8. The minimum Gasteiger partial charge on any atom is -0.497 e. The number of methoxy groups -OCH3 is 2. The van der Waals surface area contributed by atoms with Gasteiger partial charge in [-0.25, -0.2) is 0 Å². The third-order valence-electron chi connectivity index (χ3n) is 5.50. The topological polar surface area (TPSA) is 18.5 Å². The molecule has 0 saturated carbocycles. The molecule has 0 spiro atoms. The molecule has 0 N–H and O–H groups in total. The average molecular weight is 598 g/mol. The first-order valence-electron chi connectivity index (χ1n) is 9.47. The molecule has 1 aromatic rings. The molecule has 0 aliphatic carbocycles. The monoisotopic (exact) mass is 598 g/mol. The summed E-state index contributed by atoms with van der Waals surface area (Å²) in [5, 5.41) is 0. The van der Waals surface area contributed by atoms with Crippen LogP contribution in [0.3, 0.4) is 0 Å². The van der Waals surface area contributed by atoms with Crippen molar-refractivity contribution in [3.05, 3.63) is 29.8 Å². The minimum absolute atomic E-state index is 0.0225. The second-order valence-corrected chi connectivity index (χ2v) is 7.99. The zero-order chi connectivity index (χ0) is 30.6. The van der Waals surface area contributed by atoms with Gasteiger partial charge in [-0.3, -0.25) is 0 Å². The number of alkyl halides is 17. The van der Waals surface area contributed by atoms with Crippen molar-refractivity contribution >= 4 is 0 Å². The van der Waals surface area contributed by atoms with Gasteiger partial charge in [0.05, 0.1) is 19.1 Å². The van der Waals surface area contributed by atoms with E-state index >= 15 is 0 Å². The Kier molecular flexibility index (Phi) is 8.42. The van der Waals surface area contributed by atoms with Gasteiger partial charge in [0, 0.05) is 7.11 Å². The molecular formula is C19H15F17O2. The number of halogens is 17. The Hall–Kier alpha value is -2.21. The SMILES string of the molecule is COc1ccc(C(C)(CC(F)(F)C(F)(F)C(F)(F)C(F)(F)C(F)(F)C(F)(F)C(F)(F)C(F)(F)F)OC)cc1. The summed E-state index contributed by atoms with van der Waals surface area (Å²) >= 11 is 0. The number of ether oxygens (including phenoxy) is 2. The first-order valence-corrected chi connectivity index (χ1v) is 9.47. The van der Waals surface area contributed by atoms with Gasteiger partial charge in [0.15, 0.2) is 0 Å². The molecule has 2 nitrogen and oxygen atoms in total.